The molecule has 1 saturated heterocycles. The van der Waals surface area contributed by atoms with Gasteiger partial charge in [-0.3, -0.25) is 9.48 Å². The molecule has 0 bridgehead atoms. The molecule has 0 saturated carbocycles. The van der Waals surface area contributed by atoms with Crippen molar-refractivity contribution in [3.05, 3.63) is 11.4 Å². The van der Waals surface area contributed by atoms with Crippen molar-refractivity contribution in [3.63, 3.8) is 0 Å². The number of carbonyl (C=O) groups is 1. The number of sulfonamides is 1. The Balaban J connectivity index is 1.92. The minimum absolute atomic E-state index is 0.140. The van der Waals surface area contributed by atoms with E-state index in [0.29, 0.717) is 23.9 Å². The monoisotopic (exact) mass is 357 g/mol. The van der Waals surface area contributed by atoms with Crippen molar-refractivity contribution < 1.29 is 13.2 Å². The summed E-state index contributed by atoms with van der Waals surface area (Å²) in [5.74, 6) is 0.265. The molecule has 136 valence electrons. The molecule has 1 aromatic rings. The van der Waals surface area contributed by atoms with E-state index < -0.39 is 16.1 Å². The molecule has 0 radical (unpaired) electrons. The quantitative estimate of drug-likeness (QED) is 0.628. The Kier molecular flexibility index (Phi) is 6.00. The molecule has 8 nitrogen and oxygen atoms in total. The highest BCUT2D eigenvalue weighted by Gasteiger charge is 2.27. The van der Waals surface area contributed by atoms with Gasteiger partial charge in [0.1, 0.15) is 4.90 Å². The average Bonchev–Trinajstić information content (AvgIpc) is 3.07. The van der Waals surface area contributed by atoms with Gasteiger partial charge in [0.05, 0.1) is 17.4 Å². The summed E-state index contributed by atoms with van der Waals surface area (Å²) in [5.41, 5.74) is 0.963. The highest BCUT2D eigenvalue weighted by Crippen LogP contribution is 2.18. The molecular weight excluding hydrogens is 330 g/mol. The van der Waals surface area contributed by atoms with Gasteiger partial charge in [0.15, 0.2) is 0 Å². The van der Waals surface area contributed by atoms with Crippen molar-refractivity contribution in [2.75, 3.05) is 19.6 Å². The number of aromatic nitrogens is 2. The molecule has 1 aliphatic heterocycles. The van der Waals surface area contributed by atoms with Crippen molar-refractivity contribution in [3.8, 4) is 0 Å². The van der Waals surface area contributed by atoms with Crippen LogP contribution >= 0.6 is 0 Å². The molecule has 2 heterocycles. The van der Waals surface area contributed by atoms with Gasteiger partial charge in [-0.15, -0.1) is 0 Å². The highest BCUT2D eigenvalue weighted by molar-refractivity contribution is 7.89. The molecule has 1 aliphatic rings. The van der Waals surface area contributed by atoms with Gasteiger partial charge in [-0.25, -0.2) is 8.42 Å². The van der Waals surface area contributed by atoms with Gasteiger partial charge in [-0.1, -0.05) is 0 Å². The number of carbonyl (C=O) groups excluding carboxylic acids is 1. The first kappa shape index (κ1) is 18.9. The molecule has 1 amide bonds. The van der Waals surface area contributed by atoms with Crippen LogP contribution in [0.25, 0.3) is 0 Å². The fraction of sp³-hybridized carbons (Fsp3) is 0.733. The Labute approximate surface area is 143 Å². The van der Waals surface area contributed by atoms with Crippen LogP contribution in [0.1, 0.15) is 31.2 Å². The van der Waals surface area contributed by atoms with Gasteiger partial charge in [0, 0.05) is 13.6 Å². The number of nitrogens with zero attached hydrogens (tertiary/aromatic N) is 2. The van der Waals surface area contributed by atoms with Gasteiger partial charge in [0.2, 0.25) is 15.9 Å². The molecule has 0 aromatic carbocycles. The van der Waals surface area contributed by atoms with E-state index >= 15 is 0 Å². The Hall–Kier alpha value is -1.45. The summed E-state index contributed by atoms with van der Waals surface area (Å²) in [6, 6.07) is -0.837. The molecule has 1 fully saturated rings. The highest BCUT2D eigenvalue weighted by atomic mass is 32.2. The topological polar surface area (TPSA) is 105 Å². The van der Waals surface area contributed by atoms with Crippen molar-refractivity contribution in [1.82, 2.24) is 25.1 Å². The molecule has 9 heteroatoms. The van der Waals surface area contributed by atoms with Crippen LogP contribution in [0, 0.1) is 19.8 Å². The van der Waals surface area contributed by atoms with Crippen LogP contribution in [0.5, 0.6) is 0 Å². The average molecular weight is 357 g/mol. The van der Waals surface area contributed by atoms with Gasteiger partial charge < -0.3 is 10.6 Å². The van der Waals surface area contributed by atoms with E-state index in [1.807, 2.05) is 0 Å². The molecular formula is C15H27N5O3S. The fourth-order valence-corrected chi connectivity index (χ4v) is 4.64. The first-order valence-electron chi connectivity index (χ1n) is 8.23. The minimum atomic E-state index is -3.79. The van der Waals surface area contributed by atoms with E-state index in [-0.39, 0.29) is 10.8 Å². The lowest BCUT2D eigenvalue weighted by molar-refractivity contribution is -0.122. The second-order valence-electron chi connectivity index (χ2n) is 6.41. The van der Waals surface area contributed by atoms with Crippen molar-refractivity contribution in [1.29, 1.82) is 0 Å². The second-order valence-corrected chi connectivity index (χ2v) is 8.06. The van der Waals surface area contributed by atoms with Crippen molar-refractivity contribution in [2.24, 2.45) is 13.0 Å². The number of aryl methyl sites for hydroxylation is 2. The zero-order valence-electron chi connectivity index (χ0n) is 14.7. The molecule has 0 spiro atoms. The number of hydrogen-bond acceptors (Lipinski definition) is 5. The lowest BCUT2D eigenvalue weighted by atomic mass is 10.1. The summed E-state index contributed by atoms with van der Waals surface area (Å²) in [5, 5.41) is 10.2. The third-order valence-electron chi connectivity index (χ3n) is 4.45. The zero-order chi connectivity index (χ0) is 17.9. The third-order valence-corrected chi connectivity index (χ3v) is 6.24. The Morgan fingerprint density at radius 2 is 2.17 bits per heavy atom. The van der Waals surface area contributed by atoms with Crippen LogP contribution in [0.3, 0.4) is 0 Å². The van der Waals surface area contributed by atoms with E-state index in [0.717, 1.165) is 25.9 Å². The standard InChI is InChI=1S/C15H27N5O3S/c1-10-14(12(3)20(4)18-10)24(22,23)19-11(2)15(21)17-8-6-13-5-7-16-9-13/h11,13,16,19H,5-9H2,1-4H3,(H,17,21). The number of nitrogens with one attached hydrogen (secondary N) is 3. The van der Waals surface area contributed by atoms with E-state index in [9.17, 15) is 13.2 Å². The summed E-state index contributed by atoms with van der Waals surface area (Å²) >= 11 is 0. The predicted molar refractivity (Wildman–Crippen MR) is 91.1 cm³/mol. The number of amides is 1. The lowest BCUT2D eigenvalue weighted by Crippen LogP contribution is -2.45. The molecule has 1 aromatic heterocycles. The predicted octanol–water partition coefficient (Wildman–Crippen LogP) is -0.180. The van der Waals surface area contributed by atoms with E-state index in [1.165, 1.54) is 4.68 Å². The number of rotatable bonds is 7. The summed E-state index contributed by atoms with van der Waals surface area (Å²) in [6.45, 7) is 7.44. The maximum Gasteiger partial charge on any atom is 0.244 e. The molecule has 3 N–H and O–H groups in total. The maximum atomic E-state index is 12.5. The Bertz CT molecular complexity index is 692. The SMILES string of the molecule is Cc1nn(C)c(C)c1S(=O)(=O)NC(C)C(=O)NCCC1CCNC1. The van der Waals surface area contributed by atoms with E-state index in [1.54, 1.807) is 27.8 Å². The molecule has 0 aliphatic carbocycles. The van der Waals surface area contributed by atoms with Gasteiger partial charge in [-0.05, 0) is 52.6 Å². The minimum Gasteiger partial charge on any atom is -0.355 e. The van der Waals surface area contributed by atoms with Crippen molar-refractivity contribution >= 4 is 15.9 Å². The number of hydrogen-bond donors (Lipinski definition) is 3. The summed E-state index contributed by atoms with van der Waals surface area (Å²) in [4.78, 5) is 12.3. The van der Waals surface area contributed by atoms with Crippen molar-refractivity contribution in [2.45, 2.75) is 44.6 Å². The second kappa shape index (κ2) is 7.62. The summed E-state index contributed by atoms with van der Waals surface area (Å²) in [7, 11) is -2.10. The van der Waals surface area contributed by atoms with Crippen LogP contribution in [-0.4, -0.2) is 49.8 Å². The van der Waals surface area contributed by atoms with Gasteiger partial charge in [0.25, 0.3) is 0 Å². The summed E-state index contributed by atoms with van der Waals surface area (Å²) < 4.78 is 29.0. The smallest absolute Gasteiger partial charge is 0.244 e. The largest absolute Gasteiger partial charge is 0.355 e. The van der Waals surface area contributed by atoms with Crippen LogP contribution in [0.15, 0.2) is 4.90 Å². The first-order chi connectivity index (χ1) is 11.2. The molecule has 2 atom stereocenters. The first-order valence-corrected chi connectivity index (χ1v) is 9.71. The van der Waals surface area contributed by atoms with Crippen LogP contribution in [0.2, 0.25) is 0 Å². The van der Waals surface area contributed by atoms with E-state index in [4.69, 9.17) is 0 Å². The van der Waals surface area contributed by atoms with Gasteiger partial charge in [-0.2, -0.15) is 9.82 Å². The molecule has 2 rings (SSSR count). The van der Waals surface area contributed by atoms with Crippen LogP contribution in [0.4, 0.5) is 0 Å². The van der Waals surface area contributed by atoms with Crippen LogP contribution < -0.4 is 15.4 Å². The lowest BCUT2D eigenvalue weighted by Gasteiger charge is -2.15. The normalized spacial score (nSPS) is 19.4. The summed E-state index contributed by atoms with van der Waals surface area (Å²) in [6.07, 6.45) is 2.02. The van der Waals surface area contributed by atoms with Crippen LogP contribution in [-0.2, 0) is 21.9 Å². The third kappa shape index (κ3) is 4.34. The Morgan fingerprint density at radius 1 is 1.46 bits per heavy atom. The van der Waals surface area contributed by atoms with E-state index in [2.05, 4.69) is 20.5 Å². The maximum absolute atomic E-state index is 12.5. The fourth-order valence-electron chi connectivity index (χ4n) is 3.00. The Morgan fingerprint density at radius 3 is 2.71 bits per heavy atom. The molecule has 24 heavy (non-hydrogen) atoms. The zero-order valence-corrected chi connectivity index (χ0v) is 15.5. The van der Waals surface area contributed by atoms with Gasteiger partial charge >= 0.3 is 0 Å². The molecule has 2 unspecified atom stereocenters.